The molecule has 0 saturated carbocycles. The largest absolute Gasteiger partial charge is 0.468 e. The van der Waals surface area contributed by atoms with Crippen molar-refractivity contribution in [1.29, 1.82) is 0 Å². The average molecular weight is 474 g/mol. The Hall–Kier alpha value is -2.10. The maximum Gasteiger partial charge on any atom is 0.240 e. The highest BCUT2D eigenvalue weighted by Gasteiger charge is 2.14. The maximum atomic E-state index is 12.4. The summed E-state index contributed by atoms with van der Waals surface area (Å²) >= 11 is 17.8. The van der Waals surface area contributed by atoms with E-state index in [0.29, 0.717) is 17.0 Å². The second kappa shape index (κ2) is 9.15. The highest BCUT2D eigenvalue weighted by molar-refractivity contribution is 7.89. The number of hydrogen-bond donors (Lipinski definition) is 2. The third-order valence-electron chi connectivity index (χ3n) is 3.82. The topological polar surface area (TPSA) is 96.6 Å². The second-order valence-corrected chi connectivity index (χ2v) is 8.77. The highest BCUT2D eigenvalue weighted by Crippen LogP contribution is 2.28. The van der Waals surface area contributed by atoms with Crippen LogP contribution in [0.15, 0.2) is 63.1 Å². The lowest BCUT2D eigenvalue weighted by molar-refractivity contribution is 0.498. The lowest BCUT2D eigenvalue weighted by Gasteiger charge is -2.08. The van der Waals surface area contributed by atoms with E-state index in [1.54, 1.807) is 31.2 Å². The van der Waals surface area contributed by atoms with E-state index >= 15 is 0 Å². The number of nitrogens with zero attached hydrogens (tertiary/aromatic N) is 2. The molecule has 0 saturated heterocycles. The molecule has 29 heavy (non-hydrogen) atoms. The van der Waals surface area contributed by atoms with Gasteiger partial charge in [-0.05, 0) is 42.8 Å². The number of aromatic nitrogens is 1. The average Bonchev–Trinajstić information content (AvgIpc) is 3.22. The zero-order valence-electron chi connectivity index (χ0n) is 15.0. The Morgan fingerprint density at radius 1 is 1.14 bits per heavy atom. The highest BCUT2D eigenvalue weighted by atomic mass is 35.5. The third-order valence-corrected chi connectivity index (χ3v) is 6.19. The number of nitrogens with one attached hydrogen (secondary N) is 2. The Bertz CT molecular complexity index is 1130. The van der Waals surface area contributed by atoms with Gasteiger partial charge in [-0.25, -0.2) is 18.1 Å². The summed E-state index contributed by atoms with van der Waals surface area (Å²) in [4.78, 5) is 4.14. The monoisotopic (exact) mass is 472 g/mol. The van der Waals surface area contributed by atoms with E-state index in [4.69, 9.17) is 39.2 Å². The molecule has 152 valence electrons. The van der Waals surface area contributed by atoms with Crippen LogP contribution in [-0.2, 0) is 16.6 Å². The summed E-state index contributed by atoms with van der Waals surface area (Å²) in [6, 6.07) is 11.1. The number of sulfonamides is 1. The van der Waals surface area contributed by atoms with Gasteiger partial charge in [-0.15, -0.1) is 0 Å². The van der Waals surface area contributed by atoms with Crippen molar-refractivity contribution < 1.29 is 12.8 Å². The van der Waals surface area contributed by atoms with Crippen LogP contribution in [0.1, 0.15) is 18.2 Å². The second-order valence-electron chi connectivity index (χ2n) is 5.83. The molecule has 11 heteroatoms. The number of anilines is 1. The summed E-state index contributed by atoms with van der Waals surface area (Å²) in [6.45, 7) is 1.82. The minimum Gasteiger partial charge on any atom is -0.468 e. The van der Waals surface area contributed by atoms with Crippen molar-refractivity contribution >= 4 is 56.4 Å². The first-order chi connectivity index (χ1) is 13.8. The van der Waals surface area contributed by atoms with Gasteiger partial charge in [0.25, 0.3) is 0 Å². The predicted octanol–water partition coefficient (Wildman–Crippen LogP) is 4.95. The van der Waals surface area contributed by atoms with Crippen molar-refractivity contribution in [3.05, 3.63) is 75.2 Å². The zero-order chi connectivity index (χ0) is 21.0. The summed E-state index contributed by atoms with van der Waals surface area (Å²) in [5.74, 6) is 0.774. The molecule has 1 aromatic carbocycles. The van der Waals surface area contributed by atoms with Crippen LogP contribution in [0.4, 0.5) is 5.82 Å². The molecule has 3 rings (SSSR count). The van der Waals surface area contributed by atoms with Gasteiger partial charge in [-0.1, -0.05) is 46.9 Å². The molecule has 0 spiro atoms. The number of furan rings is 1. The molecule has 0 aliphatic heterocycles. The number of pyridine rings is 1. The lowest BCUT2D eigenvalue weighted by atomic mass is 10.1. The molecule has 0 radical (unpaired) electrons. The van der Waals surface area contributed by atoms with E-state index < -0.39 is 10.0 Å². The first-order valence-corrected chi connectivity index (χ1v) is 10.8. The van der Waals surface area contributed by atoms with Crippen LogP contribution in [0.25, 0.3) is 0 Å². The van der Waals surface area contributed by atoms with E-state index in [9.17, 15) is 8.42 Å². The van der Waals surface area contributed by atoms with Gasteiger partial charge in [0.15, 0.2) is 5.82 Å². The van der Waals surface area contributed by atoms with Gasteiger partial charge in [-0.3, -0.25) is 5.43 Å². The summed E-state index contributed by atoms with van der Waals surface area (Å²) in [7, 11) is -3.67. The van der Waals surface area contributed by atoms with Crippen molar-refractivity contribution in [2.24, 2.45) is 5.10 Å². The van der Waals surface area contributed by atoms with E-state index in [2.05, 4.69) is 20.2 Å². The molecule has 2 N–H and O–H groups in total. The standard InChI is InChI=1S/C18H15Cl3N4O3S/c1-11(24-25-18-16(20)9-15(19)17(21)23-18)12-4-6-14(7-5-12)29(26,27)22-10-13-3-2-8-28-13/h2-9,22H,10H2,1H3,(H,23,25)/b24-11-. The van der Waals surface area contributed by atoms with Crippen LogP contribution < -0.4 is 10.1 Å². The Morgan fingerprint density at radius 2 is 1.86 bits per heavy atom. The van der Waals surface area contributed by atoms with Crippen molar-refractivity contribution in [3.8, 4) is 0 Å². The van der Waals surface area contributed by atoms with Gasteiger partial charge in [-0.2, -0.15) is 5.10 Å². The first-order valence-electron chi connectivity index (χ1n) is 8.20. The van der Waals surface area contributed by atoms with E-state index in [1.807, 2.05) is 0 Å². The summed E-state index contributed by atoms with van der Waals surface area (Å²) < 4.78 is 32.3. The van der Waals surface area contributed by atoms with Gasteiger partial charge in [0.1, 0.15) is 10.9 Å². The van der Waals surface area contributed by atoms with Crippen LogP contribution in [-0.4, -0.2) is 19.1 Å². The Morgan fingerprint density at radius 3 is 2.52 bits per heavy atom. The minimum absolute atomic E-state index is 0.0684. The quantitative estimate of drug-likeness (QED) is 0.287. The molecule has 2 aromatic heterocycles. The van der Waals surface area contributed by atoms with Gasteiger partial charge in [0, 0.05) is 0 Å². The molecule has 0 fully saturated rings. The van der Waals surface area contributed by atoms with Crippen LogP contribution in [0.3, 0.4) is 0 Å². The first kappa shape index (κ1) is 21.6. The SMILES string of the molecule is C/C(=N/Nc1nc(Cl)c(Cl)cc1Cl)c1ccc(S(=O)(=O)NCc2ccco2)cc1. The fourth-order valence-electron chi connectivity index (χ4n) is 2.26. The number of halogens is 3. The zero-order valence-corrected chi connectivity index (χ0v) is 18.1. The van der Waals surface area contributed by atoms with Crippen LogP contribution in [0.5, 0.6) is 0 Å². The summed E-state index contributed by atoms with van der Waals surface area (Å²) in [5.41, 5.74) is 4.01. The molecule has 0 aliphatic carbocycles. The van der Waals surface area contributed by atoms with E-state index in [1.165, 1.54) is 24.5 Å². The molecule has 7 nitrogen and oxygen atoms in total. The van der Waals surface area contributed by atoms with Gasteiger partial charge >= 0.3 is 0 Å². The maximum absolute atomic E-state index is 12.4. The molecule has 0 aliphatic rings. The van der Waals surface area contributed by atoms with Crippen molar-refractivity contribution in [1.82, 2.24) is 9.71 Å². The Balaban J connectivity index is 1.70. The molecule has 0 amide bonds. The molecule has 2 heterocycles. The molecule has 3 aromatic rings. The molecule has 0 atom stereocenters. The predicted molar refractivity (Wildman–Crippen MR) is 114 cm³/mol. The Labute approximate surface area is 182 Å². The fraction of sp³-hybridized carbons (Fsp3) is 0.111. The summed E-state index contributed by atoms with van der Waals surface area (Å²) in [6.07, 6.45) is 1.48. The number of rotatable bonds is 7. The molecular weight excluding hydrogens is 459 g/mol. The molecule has 0 bridgehead atoms. The van der Waals surface area contributed by atoms with E-state index in [-0.39, 0.29) is 32.5 Å². The summed E-state index contributed by atoms with van der Waals surface area (Å²) in [5, 5.41) is 4.80. The number of benzene rings is 1. The van der Waals surface area contributed by atoms with Crippen LogP contribution >= 0.6 is 34.8 Å². The van der Waals surface area contributed by atoms with Crippen LogP contribution in [0.2, 0.25) is 15.2 Å². The van der Waals surface area contributed by atoms with Crippen molar-refractivity contribution in [3.63, 3.8) is 0 Å². The minimum atomic E-state index is -3.67. The number of hydrogen-bond acceptors (Lipinski definition) is 6. The third kappa shape index (κ3) is 5.49. The van der Waals surface area contributed by atoms with Crippen molar-refractivity contribution in [2.45, 2.75) is 18.4 Å². The normalized spacial score (nSPS) is 12.2. The van der Waals surface area contributed by atoms with Gasteiger partial charge in [0.05, 0.1) is 33.5 Å². The van der Waals surface area contributed by atoms with E-state index in [0.717, 1.165) is 0 Å². The Kier molecular flexibility index (Phi) is 6.81. The fourth-order valence-corrected chi connectivity index (χ4v) is 3.80. The number of hydrazone groups is 1. The van der Waals surface area contributed by atoms with Crippen LogP contribution in [0, 0.1) is 0 Å². The molecule has 0 unspecified atom stereocenters. The smallest absolute Gasteiger partial charge is 0.240 e. The van der Waals surface area contributed by atoms with Gasteiger partial charge < -0.3 is 4.42 Å². The van der Waals surface area contributed by atoms with Gasteiger partial charge in [0.2, 0.25) is 10.0 Å². The van der Waals surface area contributed by atoms with Crippen molar-refractivity contribution in [2.75, 3.05) is 5.43 Å². The lowest BCUT2D eigenvalue weighted by Crippen LogP contribution is -2.23. The molecular formula is C18H15Cl3N4O3S.